The predicted octanol–water partition coefficient (Wildman–Crippen LogP) is 9.26. The summed E-state index contributed by atoms with van der Waals surface area (Å²) >= 11 is 4.61. The van der Waals surface area contributed by atoms with E-state index in [0.717, 1.165) is 38.4 Å². The van der Waals surface area contributed by atoms with Crippen LogP contribution < -0.4 is 5.32 Å². The number of hydrogen-bond donors (Lipinski definition) is 3. The third-order valence-electron chi connectivity index (χ3n) is 15.1. The van der Waals surface area contributed by atoms with Gasteiger partial charge in [0.1, 0.15) is 19.5 Å². The zero-order valence-electron chi connectivity index (χ0n) is 36.1. The molecule has 0 aliphatic heterocycles. The summed E-state index contributed by atoms with van der Waals surface area (Å²) in [6.07, 6.45) is 6.26. The number of amides is 1. The van der Waals surface area contributed by atoms with E-state index >= 15 is 4.79 Å². The van der Waals surface area contributed by atoms with Crippen LogP contribution in [0.1, 0.15) is 163 Å². The van der Waals surface area contributed by atoms with E-state index in [-0.39, 0.29) is 32.3 Å². The van der Waals surface area contributed by atoms with Gasteiger partial charge in [-0.15, -0.1) is 0 Å². The van der Waals surface area contributed by atoms with Gasteiger partial charge in [0.05, 0.1) is 24.0 Å². The van der Waals surface area contributed by atoms with Gasteiger partial charge in [-0.05, 0) is 65.6 Å². The Morgan fingerprint density at radius 1 is 0.667 bits per heavy atom. The zero-order chi connectivity index (χ0) is 40.7. The molecule has 0 saturated carbocycles. The molecule has 0 saturated heterocycles. The molecule has 0 rings (SSSR count). The Balaban J connectivity index is 7.10. The van der Waals surface area contributed by atoms with Crippen molar-refractivity contribution in [1.82, 2.24) is 5.32 Å². The van der Waals surface area contributed by atoms with E-state index in [1.54, 1.807) is 0 Å². The first-order valence-corrected chi connectivity index (χ1v) is 19.7. The lowest BCUT2D eigenvalue weighted by Gasteiger charge is -2.69. The minimum atomic E-state index is -1.32. The number of nitrogens with one attached hydrogen (secondary N) is 1. The quantitative estimate of drug-likeness (QED) is 0.0465. The summed E-state index contributed by atoms with van der Waals surface area (Å²) in [5.74, 6) is -1.01. The van der Waals surface area contributed by atoms with Crippen molar-refractivity contribution in [2.75, 3.05) is 26.4 Å². The van der Waals surface area contributed by atoms with Crippen molar-refractivity contribution in [2.45, 2.75) is 168 Å². The number of thiol groups is 1. The van der Waals surface area contributed by atoms with Crippen molar-refractivity contribution in [3.8, 4) is 0 Å². The van der Waals surface area contributed by atoms with Gasteiger partial charge in [-0.2, -0.15) is 12.6 Å². The first-order chi connectivity index (χ1) is 22.8. The lowest BCUT2D eigenvalue weighted by atomic mass is 9.33. The van der Waals surface area contributed by atoms with Gasteiger partial charge in [-0.3, -0.25) is 14.4 Å². The van der Waals surface area contributed by atoms with Crippen LogP contribution in [-0.4, -0.2) is 60.9 Å². The van der Waals surface area contributed by atoms with E-state index in [1.807, 2.05) is 104 Å². The topological polar surface area (TPSA) is 119 Å². The predicted molar refractivity (Wildman–Crippen MR) is 213 cm³/mol. The molecule has 1 amide bonds. The van der Waals surface area contributed by atoms with E-state index in [9.17, 15) is 19.5 Å². The van der Waals surface area contributed by atoms with E-state index in [0.29, 0.717) is 11.7 Å². The molecule has 0 heterocycles. The lowest BCUT2D eigenvalue weighted by molar-refractivity contribution is -0.241. The Labute approximate surface area is 318 Å². The van der Waals surface area contributed by atoms with Crippen molar-refractivity contribution in [3.05, 3.63) is 0 Å². The minimum absolute atomic E-state index is 0.0261. The van der Waals surface area contributed by atoms with Gasteiger partial charge in [0.15, 0.2) is 0 Å². The summed E-state index contributed by atoms with van der Waals surface area (Å²) in [5, 5.41) is 12.8. The molecule has 0 aromatic heterocycles. The molecule has 0 bridgehead atoms. The second-order valence-corrected chi connectivity index (χ2v) is 20.3. The maximum atomic E-state index is 15.0. The standard InChI is InChI=1S/C42H79NO7S/c1-19-22-30(51)23-20-21-24-31(46)43-25-27-49-33(48)42(18,37(10,11)36(8,9)40(16,29-45)34(2,3)4)39(14,15)38(12,13)41(17,35(5,6)7)32(47)50-28-26-44/h29-30,44,51H,19-28H2,1-18H3,(H,43,46). The molecular formula is C42H79NO7S. The summed E-state index contributed by atoms with van der Waals surface area (Å²) < 4.78 is 11.8. The van der Waals surface area contributed by atoms with Crippen LogP contribution in [0.15, 0.2) is 0 Å². The van der Waals surface area contributed by atoms with Crippen LogP contribution in [0.4, 0.5) is 0 Å². The number of aliphatic hydroxyl groups is 1. The van der Waals surface area contributed by atoms with Crippen molar-refractivity contribution >= 4 is 36.8 Å². The SMILES string of the molecule is CCCC(S)CCCCC(=O)NCCOC(=O)C(C)(C(C)(C)C(C)(C)C(C)(C=O)C(C)(C)C)C(C)(C)C(C)(C)C(C)(C(=O)OCCO)C(C)(C)C. The zero-order valence-corrected chi connectivity index (χ0v) is 37.0. The number of rotatable bonds is 21. The smallest absolute Gasteiger partial charge is 0.312 e. The third kappa shape index (κ3) is 9.20. The average Bonchev–Trinajstić information content (AvgIpc) is 3.00. The molecule has 0 fully saturated rings. The lowest BCUT2D eigenvalue weighted by Crippen LogP contribution is -2.69. The highest BCUT2D eigenvalue weighted by Gasteiger charge is 2.73. The molecule has 51 heavy (non-hydrogen) atoms. The van der Waals surface area contributed by atoms with Crippen LogP contribution in [-0.2, 0) is 28.7 Å². The number of ether oxygens (including phenoxy) is 2. The number of unbranched alkanes of at least 4 members (excludes halogenated alkanes) is 1. The number of hydrogen-bond acceptors (Lipinski definition) is 8. The Morgan fingerprint density at radius 2 is 1.12 bits per heavy atom. The molecule has 0 aromatic rings. The number of carbonyl (C=O) groups excluding carboxylic acids is 4. The average molecular weight is 742 g/mol. The highest BCUT2D eigenvalue weighted by molar-refractivity contribution is 7.80. The van der Waals surface area contributed by atoms with Gasteiger partial charge in [-0.25, -0.2) is 0 Å². The van der Waals surface area contributed by atoms with E-state index in [1.165, 1.54) is 0 Å². The maximum absolute atomic E-state index is 15.0. The summed E-state index contributed by atoms with van der Waals surface area (Å²) in [6, 6.07) is 0. The van der Waals surface area contributed by atoms with Crippen molar-refractivity contribution in [2.24, 2.45) is 48.7 Å². The van der Waals surface area contributed by atoms with Gasteiger partial charge in [0.2, 0.25) is 5.91 Å². The Hall–Kier alpha value is -1.61. The molecule has 0 aromatic carbocycles. The molecule has 4 unspecified atom stereocenters. The molecule has 2 N–H and O–H groups in total. The fourth-order valence-corrected chi connectivity index (χ4v) is 9.01. The monoisotopic (exact) mass is 742 g/mol. The highest BCUT2D eigenvalue weighted by atomic mass is 32.1. The number of esters is 2. The van der Waals surface area contributed by atoms with Gasteiger partial charge in [0, 0.05) is 17.1 Å². The summed E-state index contributed by atoms with van der Waals surface area (Å²) in [7, 11) is 0. The number of aldehydes is 1. The van der Waals surface area contributed by atoms with Crippen LogP contribution in [0.25, 0.3) is 0 Å². The largest absolute Gasteiger partial charge is 0.463 e. The normalized spacial score (nSPS) is 17.7. The molecule has 0 aliphatic rings. The molecule has 0 spiro atoms. The number of aliphatic hydroxyl groups excluding tert-OH is 1. The minimum Gasteiger partial charge on any atom is -0.463 e. The molecule has 0 radical (unpaired) electrons. The van der Waals surface area contributed by atoms with E-state index in [2.05, 4.69) is 38.7 Å². The Bertz CT molecular complexity index is 1180. The molecule has 9 heteroatoms. The van der Waals surface area contributed by atoms with Crippen molar-refractivity contribution in [3.63, 3.8) is 0 Å². The van der Waals surface area contributed by atoms with Crippen molar-refractivity contribution < 1.29 is 33.8 Å². The second kappa shape index (κ2) is 17.7. The summed E-state index contributed by atoms with van der Waals surface area (Å²) in [5.41, 5.74) is -8.14. The highest BCUT2D eigenvalue weighted by Crippen LogP contribution is 2.73. The van der Waals surface area contributed by atoms with Crippen LogP contribution in [0.2, 0.25) is 0 Å². The van der Waals surface area contributed by atoms with Crippen LogP contribution in [0.5, 0.6) is 0 Å². The van der Waals surface area contributed by atoms with E-state index < -0.39 is 60.7 Å². The second-order valence-electron chi connectivity index (χ2n) is 19.6. The molecule has 8 nitrogen and oxygen atoms in total. The fraction of sp³-hybridized carbons (Fsp3) is 0.905. The maximum Gasteiger partial charge on any atom is 0.312 e. The van der Waals surface area contributed by atoms with Gasteiger partial charge in [-0.1, -0.05) is 124 Å². The van der Waals surface area contributed by atoms with Gasteiger partial charge < -0.3 is 24.7 Å². The molecule has 300 valence electrons. The Morgan fingerprint density at radius 3 is 1.55 bits per heavy atom. The first kappa shape index (κ1) is 49.4. The summed E-state index contributed by atoms with van der Waals surface area (Å²) in [6.45, 7) is 35.9. The van der Waals surface area contributed by atoms with Crippen LogP contribution >= 0.6 is 12.6 Å². The Kier molecular flexibility index (Phi) is 17.1. The number of carbonyl (C=O) groups is 4. The summed E-state index contributed by atoms with van der Waals surface area (Å²) in [4.78, 5) is 55.0. The van der Waals surface area contributed by atoms with E-state index in [4.69, 9.17) is 9.47 Å². The van der Waals surface area contributed by atoms with Crippen LogP contribution in [0.3, 0.4) is 0 Å². The third-order valence-corrected chi connectivity index (χ3v) is 15.6. The molecule has 4 atom stereocenters. The van der Waals surface area contributed by atoms with Gasteiger partial charge in [0.25, 0.3) is 0 Å². The molecule has 0 aliphatic carbocycles. The van der Waals surface area contributed by atoms with Crippen molar-refractivity contribution in [1.29, 1.82) is 0 Å². The fourth-order valence-electron chi connectivity index (χ4n) is 8.57. The first-order valence-electron chi connectivity index (χ1n) is 19.2. The van der Waals surface area contributed by atoms with Crippen LogP contribution in [0, 0.1) is 48.7 Å². The van der Waals surface area contributed by atoms with Gasteiger partial charge >= 0.3 is 11.9 Å². The molecular weight excluding hydrogens is 663 g/mol.